The van der Waals surface area contributed by atoms with Crippen LogP contribution in [0.15, 0.2) is 41.3 Å². The monoisotopic (exact) mass is 352 g/mol. The number of nitrogens with zero attached hydrogens (tertiary/aromatic N) is 1. The Balaban J connectivity index is 1.63. The van der Waals surface area contributed by atoms with Gasteiger partial charge in [-0.2, -0.15) is 0 Å². The molecule has 0 unspecified atom stereocenters. The highest BCUT2D eigenvalue weighted by molar-refractivity contribution is 7.99. The van der Waals surface area contributed by atoms with Crippen LogP contribution in [0.2, 0.25) is 0 Å². The number of fused-ring (bicyclic) bond motifs is 3. The smallest absolute Gasteiger partial charge is 0.118 e. The Labute approximate surface area is 153 Å². The molecule has 1 N–H and O–H groups in total. The van der Waals surface area contributed by atoms with Crippen molar-refractivity contribution in [1.82, 2.24) is 5.32 Å². The molecule has 2 aromatic rings. The van der Waals surface area contributed by atoms with Crippen molar-refractivity contribution in [2.75, 3.05) is 37.4 Å². The van der Waals surface area contributed by atoms with Gasteiger partial charge < -0.3 is 15.0 Å². The summed E-state index contributed by atoms with van der Waals surface area (Å²) >= 11 is 2.04. The first-order valence-corrected chi connectivity index (χ1v) is 10.3. The second-order valence-electron chi connectivity index (χ2n) is 7.20. The fourth-order valence-electron chi connectivity index (χ4n) is 4.68. The van der Waals surface area contributed by atoms with E-state index in [1.54, 1.807) is 18.4 Å². The van der Waals surface area contributed by atoms with Crippen molar-refractivity contribution in [3.05, 3.63) is 42.0 Å². The molecule has 3 nitrogen and oxygen atoms in total. The number of piperidine rings is 1. The fraction of sp³-hybridized carbons (Fsp3) is 0.429. The first kappa shape index (κ1) is 15.6. The average Bonchev–Trinajstić information content (AvgIpc) is 2.83. The van der Waals surface area contributed by atoms with Gasteiger partial charge in [0.1, 0.15) is 5.75 Å². The molecule has 130 valence electrons. The fourth-order valence-corrected chi connectivity index (χ4v) is 5.75. The van der Waals surface area contributed by atoms with Gasteiger partial charge in [-0.1, -0.05) is 12.1 Å². The summed E-state index contributed by atoms with van der Waals surface area (Å²) in [5.41, 5.74) is 5.73. The molecule has 5 rings (SSSR count). The van der Waals surface area contributed by atoms with Crippen molar-refractivity contribution in [1.29, 1.82) is 0 Å². The molecule has 25 heavy (non-hydrogen) atoms. The van der Waals surface area contributed by atoms with Gasteiger partial charge in [0.15, 0.2) is 0 Å². The third-order valence-electron chi connectivity index (χ3n) is 5.86. The van der Waals surface area contributed by atoms with E-state index in [0.717, 1.165) is 18.8 Å². The van der Waals surface area contributed by atoms with Crippen molar-refractivity contribution in [3.8, 4) is 16.9 Å². The van der Waals surface area contributed by atoms with Gasteiger partial charge in [-0.25, -0.2) is 0 Å². The molecule has 0 bridgehead atoms. The second-order valence-corrected chi connectivity index (χ2v) is 8.34. The number of rotatable bonds is 2. The van der Waals surface area contributed by atoms with Crippen LogP contribution >= 0.6 is 11.8 Å². The number of hydrogen-bond donors (Lipinski definition) is 1. The van der Waals surface area contributed by atoms with Crippen molar-refractivity contribution in [2.24, 2.45) is 0 Å². The van der Waals surface area contributed by atoms with Crippen molar-refractivity contribution < 1.29 is 4.74 Å². The summed E-state index contributed by atoms with van der Waals surface area (Å²) in [5, 5.41) is 3.62. The van der Waals surface area contributed by atoms with E-state index in [4.69, 9.17) is 4.74 Å². The lowest BCUT2D eigenvalue weighted by molar-refractivity contribution is 0.403. The van der Waals surface area contributed by atoms with E-state index in [2.05, 4.69) is 46.6 Å². The Hall–Kier alpha value is -1.65. The van der Waals surface area contributed by atoms with Crippen LogP contribution in [0.4, 0.5) is 5.69 Å². The molecule has 0 spiro atoms. The second kappa shape index (κ2) is 6.26. The summed E-state index contributed by atoms with van der Waals surface area (Å²) in [5.74, 6) is 2.78. The highest BCUT2D eigenvalue weighted by atomic mass is 32.2. The van der Waals surface area contributed by atoms with E-state index in [0.29, 0.717) is 12.0 Å². The highest BCUT2D eigenvalue weighted by Crippen LogP contribution is 2.51. The molecule has 3 aliphatic heterocycles. The Morgan fingerprint density at radius 2 is 2.04 bits per heavy atom. The highest BCUT2D eigenvalue weighted by Gasteiger charge is 2.41. The van der Waals surface area contributed by atoms with Gasteiger partial charge in [-0.15, -0.1) is 11.8 Å². The largest absolute Gasteiger partial charge is 0.497 e. The average molecular weight is 353 g/mol. The normalized spacial score (nSPS) is 24.4. The number of hydrogen-bond acceptors (Lipinski definition) is 4. The van der Waals surface area contributed by atoms with Gasteiger partial charge in [0, 0.05) is 29.9 Å². The molecule has 1 fully saturated rings. The molecule has 1 saturated heterocycles. The zero-order valence-corrected chi connectivity index (χ0v) is 15.4. The zero-order valence-electron chi connectivity index (χ0n) is 14.6. The minimum absolute atomic E-state index is 0.638. The summed E-state index contributed by atoms with van der Waals surface area (Å²) in [4.78, 5) is 4.21. The lowest BCUT2D eigenvalue weighted by atomic mass is 9.88. The molecule has 4 heteroatoms. The van der Waals surface area contributed by atoms with Crippen LogP contribution in [0.3, 0.4) is 0 Å². The number of thioether (sulfide) groups is 1. The number of methoxy groups -OCH3 is 1. The SMILES string of the molecule is COc1ccc(-c2cc3c4c(c2)[C@H]2CNCC[C@H]2N4CCCS3)cc1. The van der Waals surface area contributed by atoms with Gasteiger partial charge in [-0.3, -0.25) is 0 Å². The van der Waals surface area contributed by atoms with E-state index in [-0.39, 0.29) is 0 Å². The molecule has 2 aromatic carbocycles. The van der Waals surface area contributed by atoms with E-state index in [1.807, 2.05) is 11.8 Å². The molecule has 2 atom stereocenters. The molecular weight excluding hydrogens is 328 g/mol. The van der Waals surface area contributed by atoms with Crippen LogP contribution in [-0.2, 0) is 0 Å². The molecule has 0 radical (unpaired) electrons. The molecule has 0 amide bonds. The van der Waals surface area contributed by atoms with Gasteiger partial charge >= 0.3 is 0 Å². The lowest BCUT2D eigenvalue weighted by Crippen LogP contribution is -2.44. The molecule has 0 saturated carbocycles. The van der Waals surface area contributed by atoms with Crippen LogP contribution < -0.4 is 15.0 Å². The van der Waals surface area contributed by atoms with Gasteiger partial charge in [0.05, 0.1) is 12.8 Å². The van der Waals surface area contributed by atoms with Crippen LogP contribution in [0, 0.1) is 0 Å². The first-order chi connectivity index (χ1) is 12.3. The third kappa shape index (κ3) is 2.54. The van der Waals surface area contributed by atoms with Crippen LogP contribution in [0.5, 0.6) is 5.75 Å². The minimum atomic E-state index is 0.638. The Morgan fingerprint density at radius 3 is 2.88 bits per heavy atom. The summed E-state index contributed by atoms with van der Waals surface area (Å²) in [6.45, 7) is 3.49. The molecule has 3 heterocycles. The van der Waals surface area contributed by atoms with E-state index in [9.17, 15) is 0 Å². The van der Waals surface area contributed by atoms with Gasteiger partial charge in [-0.05, 0) is 66.1 Å². The van der Waals surface area contributed by atoms with Crippen LogP contribution in [-0.4, -0.2) is 38.5 Å². The van der Waals surface area contributed by atoms with Gasteiger partial charge in [0.2, 0.25) is 0 Å². The number of benzene rings is 2. The molecule has 0 aliphatic carbocycles. The van der Waals surface area contributed by atoms with Gasteiger partial charge in [0.25, 0.3) is 0 Å². The van der Waals surface area contributed by atoms with Crippen molar-refractivity contribution in [2.45, 2.75) is 29.7 Å². The Morgan fingerprint density at radius 1 is 1.16 bits per heavy atom. The molecule has 3 aliphatic rings. The molecule has 0 aromatic heterocycles. The Kier molecular flexibility index (Phi) is 3.90. The Bertz CT molecular complexity index is 789. The topological polar surface area (TPSA) is 24.5 Å². The maximum Gasteiger partial charge on any atom is 0.118 e. The van der Waals surface area contributed by atoms with Crippen molar-refractivity contribution >= 4 is 17.4 Å². The van der Waals surface area contributed by atoms with E-state index < -0.39 is 0 Å². The standard InChI is InChI=1S/C21H24N2OS/c1-24-16-5-3-14(4-6-16)15-11-17-18-13-22-8-7-19(18)23-9-2-10-25-20(12-15)21(17)23/h3-6,11-12,18-19,22H,2,7-10,13H2,1H3/t18-,19-/m1/s1. The quantitative estimate of drug-likeness (QED) is 0.879. The van der Waals surface area contributed by atoms with E-state index in [1.165, 1.54) is 41.2 Å². The maximum atomic E-state index is 5.32. The third-order valence-corrected chi connectivity index (χ3v) is 6.98. The minimum Gasteiger partial charge on any atom is -0.497 e. The predicted molar refractivity (Wildman–Crippen MR) is 105 cm³/mol. The summed E-state index contributed by atoms with van der Waals surface area (Å²) in [7, 11) is 1.72. The summed E-state index contributed by atoms with van der Waals surface area (Å²) in [6.07, 6.45) is 2.55. The summed E-state index contributed by atoms with van der Waals surface area (Å²) < 4.78 is 5.32. The number of ether oxygens (including phenoxy) is 1. The number of anilines is 1. The summed E-state index contributed by atoms with van der Waals surface area (Å²) in [6, 6.07) is 14.0. The number of nitrogens with one attached hydrogen (secondary N) is 1. The van der Waals surface area contributed by atoms with Crippen molar-refractivity contribution in [3.63, 3.8) is 0 Å². The maximum absolute atomic E-state index is 5.32. The lowest BCUT2D eigenvalue weighted by Gasteiger charge is -2.33. The van der Waals surface area contributed by atoms with Crippen LogP contribution in [0.1, 0.15) is 24.3 Å². The first-order valence-electron chi connectivity index (χ1n) is 9.27. The predicted octanol–water partition coefficient (Wildman–Crippen LogP) is 4.12. The molecular formula is C21H24N2OS. The van der Waals surface area contributed by atoms with Crippen LogP contribution in [0.25, 0.3) is 11.1 Å². The zero-order chi connectivity index (χ0) is 16.8. The van der Waals surface area contributed by atoms with E-state index >= 15 is 0 Å².